The SMILES string of the molecule is CNC(=O)COC(=O)CC1CCCCC1. The van der Waals surface area contributed by atoms with E-state index in [1.807, 2.05) is 0 Å². The molecule has 0 aromatic heterocycles. The molecule has 0 heterocycles. The van der Waals surface area contributed by atoms with Crippen molar-refractivity contribution in [2.45, 2.75) is 38.5 Å². The Kier molecular flexibility index (Phi) is 5.15. The fraction of sp³-hybridized carbons (Fsp3) is 0.818. The third-order valence-corrected chi connectivity index (χ3v) is 2.82. The number of carbonyl (C=O) groups is 2. The highest BCUT2D eigenvalue weighted by Crippen LogP contribution is 2.26. The monoisotopic (exact) mass is 213 g/mol. The Morgan fingerprint density at radius 3 is 2.53 bits per heavy atom. The smallest absolute Gasteiger partial charge is 0.306 e. The maximum atomic E-state index is 11.3. The molecule has 1 aliphatic carbocycles. The van der Waals surface area contributed by atoms with E-state index in [2.05, 4.69) is 5.32 Å². The standard InChI is InChI=1S/C11H19NO3/c1-12-10(13)8-15-11(14)7-9-5-3-2-4-6-9/h9H,2-8H2,1H3,(H,12,13). The lowest BCUT2D eigenvalue weighted by Gasteiger charge is -2.20. The number of amides is 1. The predicted octanol–water partition coefficient (Wildman–Crippen LogP) is 1.25. The molecule has 4 heteroatoms. The summed E-state index contributed by atoms with van der Waals surface area (Å²) in [6.45, 7) is -0.151. The van der Waals surface area contributed by atoms with Gasteiger partial charge in [0.15, 0.2) is 6.61 Å². The number of carbonyl (C=O) groups excluding carboxylic acids is 2. The van der Waals surface area contributed by atoms with Gasteiger partial charge in [-0.3, -0.25) is 9.59 Å². The van der Waals surface area contributed by atoms with Gasteiger partial charge in [-0.05, 0) is 18.8 Å². The zero-order valence-electron chi connectivity index (χ0n) is 9.25. The molecule has 0 spiro atoms. The first-order valence-electron chi connectivity index (χ1n) is 5.58. The first kappa shape index (κ1) is 12.0. The fourth-order valence-corrected chi connectivity index (χ4v) is 1.90. The summed E-state index contributed by atoms with van der Waals surface area (Å²) < 4.78 is 4.85. The van der Waals surface area contributed by atoms with Gasteiger partial charge in [-0.25, -0.2) is 0 Å². The first-order valence-corrected chi connectivity index (χ1v) is 5.58. The normalized spacial score (nSPS) is 17.1. The van der Waals surface area contributed by atoms with Crippen LogP contribution in [-0.2, 0) is 14.3 Å². The highest BCUT2D eigenvalue weighted by atomic mass is 16.5. The molecule has 1 rings (SSSR count). The third-order valence-electron chi connectivity index (χ3n) is 2.82. The molecule has 0 saturated heterocycles. The van der Waals surface area contributed by atoms with Crippen molar-refractivity contribution in [3.05, 3.63) is 0 Å². The summed E-state index contributed by atoms with van der Waals surface area (Å²) in [5, 5.41) is 2.41. The first-order chi connectivity index (χ1) is 7.22. The maximum Gasteiger partial charge on any atom is 0.306 e. The summed E-state index contributed by atoms with van der Waals surface area (Å²) in [5.41, 5.74) is 0. The molecule has 0 unspecified atom stereocenters. The van der Waals surface area contributed by atoms with Crippen molar-refractivity contribution in [1.82, 2.24) is 5.32 Å². The molecule has 0 aromatic rings. The molecule has 1 amide bonds. The minimum Gasteiger partial charge on any atom is -0.456 e. The van der Waals surface area contributed by atoms with Gasteiger partial charge in [0.25, 0.3) is 5.91 Å². The summed E-state index contributed by atoms with van der Waals surface area (Å²) in [6.07, 6.45) is 6.42. The van der Waals surface area contributed by atoms with Crippen LogP contribution in [0.3, 0.4) is 0 Å². The number of hydrogen-bond donors (Lipinski definition) is 1. The minimum atomic E-state index is -0.257. The van der Waals surface area contributed by atoms with E-state index in [1.54, 1.807) is 0 Å². The Balaban J connectivity index is 2.14. The van der Waals surface area contributed by atoms with Crippen LogP contribution in [0.2, 0.25) is 0 Å². The number of likely N-dealkylation sites (N-methyl/N-ethyl adjacent to an activating group) is 1. The van der Waals surface area contributed by atoms with Crippen LogP contribution in [0.5, 0.6) is 0 Å². The van der Waals surface area contributed by atoms with Gasteiger partial charge in [0, 0.05) is 13.5 Å². The van der Waals surface area contributed by atoms with E-state index >= 15 is 0 Å². The molecule has 0 atom stereocenters. The lowest BCUT2D eigenvalue weighted by atomic mass is 9.87. The van der Waals surface area contributed by atoms with Crippen LogP contribution in [0.25, 0.3) is 0 Å². The predicted molar refractivity (Wildman–Crippen MR) is 56.2 cm³/mol. The van der Waals surface area contributed by atoms with Crippen LogP contribution < -0.4 is 5.32 Å². The summed E-state index contributed by atoms with van der Waals surface area (Å²) in [5.74, 6) is -0.0339. The lowest BCUT2D eigenvalue weighted by Crippen LogP contribution is -2.25. The van der Waals surface area contributed by atoms with Crippen molar-refractivity contribution in [3.8, 4) is 0 Å². The topological polar surface area (TPSA) is 55.4 Å². The van der Waals surface area contributed by atoms with Crippen molar-refractivity contribution < 1.29 is 14.3 Å². The number of ether oxygens (including phenoxy) is 1. The number of nitrogens with one attached hydrogen (secondary N) is 1. The summed E-state index contributed by atoms with van der Waals surface area (Å²) >= 11 is 0. The van der Waals surface area contributed by atoms with Gasteiger partial charge in [-0.2, -0.15) is 0 Å². The molecule has 15 heavy (non-hydrogen) atoms. The molecular weight excluding hydrogens is 194 g/mol. The number of esters is 1. The van der Waals surface area contributed by atoms with E-state index in [0.717, 1.165) is 12.8 Å². The van der Waals surface area contributed by atoms with E-state index in [9.17, 15) is 9.59 Å². The summed E-state index contributed by atoms with van der Waals surface area (Å²) in [4.78, 5) is 22.1. The molecule has 1 fully saturated rings. The van der Waals surface area contributed by atoms with E-state index in [-0.39, 0.29) is 18.5 Å². The molecule has 0 aromatic carbocycles. The van der Waals surface area contributed by atoms with E-state index in [4.69, 9.17) is 4.74 Å². The zero-order chi connectivity index (χ0) is 11.1. The Hall–Kier alpha value is -1.06. The van der Waals surface area contributed by atoms with Gasteiger partial charge in [0.2, 0.25) is 0 Å². The van der Waals surface area contributed by atoms with Crippen molar-refractivity contribution in [2.24, 2.45) is 5.92 Å². The quantitative estimate of drug-likeness (QED) is 0.715. The molecule has 1 aliphatic rings. The van der Waals surface area contributed by atoms with Crippen molar-refractivity contribution >= 4 is 11.9 Å². The molecule has 4 nitrogen and oxygen atoms in total. The van der Waals surface area contributed by atoms with Gasteiger partial charge in [-0.15, -0.1) is 0 Å². The molecule has 1 saturated carbocycles. The molecule has 1 N–H and O–H groups in total. The average molecular weight is 213 g/mol. The average Bonchev–Trinajstić information content (AvgIpc) is 2.27. The van der Waals surface area contributed by atoms with E-state index in [1.165, 1.54) is 26.3 Å². The second-order valence-corrected chi connectivity index (χ2v) is 4.04. The van der Waals surface area contributed by atoms with Crippen LogP contribution >= 0.6 is 0 Å². The van der Waals surface area contributed by atoms with Gasteiger partial charge in [-0.1, -0.05) is 19.3 Å². The van der Waals surface area contributed by atoms with Crippen LogP contribution in [0.1, 0.15) is 38.5 Å². The number of rotatable bonds is 4. The third kappa shape index (κ3) is 4.81. The molecule has 86 valence electrons. The van der Waals surface area contributed by atoms with Crippen molar-refractivity contribution in [3.63, 3.8) is 0 Å². The second kappa shape index (κ2) is 6.43. The van der Waals surface area contributed by atoms with Gasteiger partial charge < -0.3 is 10.1 Å². The Labute approximate surface area is 90.4 Å². The van der Waals surface area contributed by atoms with Crippen LogP contribution in [0.15, 0.2) is 0 Å². The summed E-state index contributed by atoms with van der Waals surface area (Å²) in [6, 6.07) is 0. The largest absolute Gasteiger partial charge is 0.456 e. The lowest BCUT2D eigenvalue weighted by molar-refractivity contribution is -0.149. The highest BCUT2D eigenvalue weighted by molar-refractivity contribution is 5.80. The summed E-state index contributed by atoms with van der Waals surface area (Å²) in [7, 11) is 1.53. The van der Waals surface area contributed by atoms with Crippen LogP contribution in [0, 0.1) is 5.92 Å². The van der Waals surface area contributed by atoms with Crippen molar-refractivity contribution in [2.75, 3.05) is 13.7 Å². The molecular formula is C11H19NO3. The Morgan fingerprint density at radius 2 is 1.93 bits per heavy atom. The minimum absolute atomic E-state index is 0.151. The van der Waals surface area contributed by atoms with Gasteiger partial charge in [0.1, 0.15) is 0 Å². The van der Waals surface area contributed by atoms with E-state index < -0.39 is 0 Å². The maximum absolute atomic E-state index is 11.3. The molecule has 0 bridgehead atoms. The van der Waals surface area contributed by atoms with Gasteiger partial charge in [0.05, 0.1) is 0 Å². The Morgan fingerprint density at radius 1 is 1.27 bits per heavy atom. The van der Waals surface area contributed by atoms with Crippen LogP contribution in [0.4, 0.5) is 0 Å². The fourth-order valence-electron chi connectivity index (χ4n) is 1.90. The van der Waals surface area contributed by atoms with E-state index in [0.29, 0.717) is 12.3 Å². The highest BCUT2D eigenvalue weighted by Gasteiger charge is 2.18. The number of hydrogen-bond acceptors (Lipinski definition) is 3. The van der Waals surface area contributed by atoms with Gasteiger partial charge >= 0.3 is 5.97 Å². The molecule has 0 radical (unpaired) electrons. The van der Waals surface area contributed by atoms with Crippen LogP contribution in [-0.4, -0.2) is 25.5 Å². The Bertz CT molecular complexity index is 222. The molecule has 0 aliphatic heterocycles. The second-order valence-electron chi connectivity index (χ2n) is 4.04. The van der Waals surface area contributed by atoms with Crippen molar-refractivity contribution in [1.29, 1.82) is 0 Å². The zero-order valence-corrected chi connectivity index (χ0v) is 9.25.